The predicted octanol–water partition coefficient (Wildman–Crippen LogP) is 1.68. The Morgan fingerprint density at radius 2 is 1.86 bits per heavy atom. The van der Waals surface area contributed by atoms with Crippen LogP contribution in [-0.4, -0.2) is 43.5 Å². The van der Waals surface area contributed by atoms with Gasteiger partial charge in [-0.3, -0.25) is 9.69 Å². The van der Waals surface area contributed by atoms with Crippen molar-refractivity contribution in [3.8, 4) is 0 Å². The van der Waals surface area contributed by atoms with Gasteiger partial charge in [0.15, 0.2) is 5.78 Å². The van der Waals surface area contributed by atoms with E-state index in [9.17, 15) is 4.79 Å². The van der Waals surface area contributed by atoms with E-state index >= 15 is 0 Å². The van der Waals surface area contributed by atoms with Crippen LogP contribution in [-0.2, 0) is 9.53 Å². The lowest BCUT2D eigenvalue weighted by atomic mass is 9.82. The largest absolute Gasteiger partial charge is 0.402 e. The minimum atomic E-state index is 0.207. The summed E-state index contributed by atoms with van der Waals surface area (Å²) in [7, 11) is 0. The molecule has 1 aromatic rings. The SMILES string of the molecule is NC1=C(CN2CCOCC2)C(=O)CC(c2ccccc2)C1. The molecule has 1 aromatic carbocycles. The Morgan fingerprint density at radius 3 is 2.52 bits per heavy atom. The molecule has 0 radical (unpaired) electrons. The van der Waals surface area contributed by atoms with E-state index in [1.54, 1.807) is 0 Å². The molecule has 0 amide bonds. The average molecular weight is 286 g/mol. The number of hydrogen-bond acceptors (Lipinski definition) is 4. The summed E-state index contributed by atoms with van der Waals surface area (Å²) in [5.74, 6) is 0.436. The van der Waals surface area contributed by atoms with E-state index in [0.717, 1.165) is 44.0 Å². The van der Waals surface area contributed by atoms with Crippen LogP contribution in [0.5, 0.6) is 0 Å². The number of carbonyl (C=O) groups is 1. The molecule has 1 atom stereocenters. The molecular formula is C17H22N2O2. The van der Waals surface area contributed by atoms with E-state index in [2.05, 4.69) is 17.0 Å². The molecule has 1 aliphatic heterocycles. The van der Waals surface area contributed by atoms with Gasteiger partial charge in [-0.25, -0.2) is 0 Å². The van der Waals surface area contributed by atoms with Crippen molar-refractivity contribution in [3.05, 3.63) is 47.2 Å². The highest BCUT2D eigenvalue weighted by Gasteiger charge is 2.28. The van der Waals surface area contributed by atoms with Crippen molar-refractivity contribution in [3.63, 3.8) is 0 Å². The molecule has 0 spiro atoms. The lowest BCUT2D eigenvalue weighted by molar-refractivity contribution is -0.116. The van der Waals surface area contributed by atoms with E-state index in [4.69, 9.17) is 10.5 Å². The Balaban J connectivity index is 1.72. The van der Waals surface area contributed by atoms with Crippen molar-refractivity contribution >= 4 is 5.78 Å². The fourth-order valence-electron chi connectivity index (χ4n) is 3.12. The second-order valence-corrected chi connectivity index (χ2v) is 5.83. The highest BCUT2D eigenvalue weighted by molar-refractivity contribution is 5.98. The Kier molecular flexibility index (Phi) is 4.36. The van der Waals surface area contributed by atoms with Gasteiger partial charge in [-0.05, 0) is 17.9 Å². The van der Waals surface area contributed by atoms with Crippen LogP contribution in [0.15, 0.2) is 41.6 Å². The molecule has 1 unspecified atom stereocenters. The van der Waals surface area contributed by atoms with E-state index in [1.165, 1.54) is 5.56 Å². The topological polar surface area (TPSA) is 55.6 Å². The second kappa shape index (κ2) is 6.41. The van der Waals surface area contributed by atoms with Gasteiger partial charge in [-0.15, -0.1) is 0 Å². The maximum atomic E-state index is 12.5. The van der Waals surface area contributed by atoms with Gasteiger partial charge in [0.25, 0.3) is 0 Å². The first-order valence-electron chi connectivity index (χ1n) is 7.60. The quantitative estimate of drug-likeness (QED) is 0.918. The summed E-state index contributed by atoms with van der Waals surface area (Å²) in [6, 6.07) is 10.2. The first kappa shape index (κ1) is 14.3. The maximum absolute atomic E-state index is 12.5. The number of ether oxygens (including phenoxy) is 1. The Morgan fingerprint density at radius 1 is 1.14 bits per heavy atom. The van der Waals surface area contributed by atoms with Crippen LogP contribution >= 0.6 is 0 Å². The van der Waals surface area contributed by atoms with Crippen LogP contribution in [0.1, 0.15) is 24.3 Å². The molecule has 2 aliphatic rings. The van der Waals surface area contributed by atoms with Crippen molar-refractivity contribution in [2.45, 2.75) is 18.8 Å². The highest BCUT2D eigenvalue weighted by Crippen LogP contribution is 2.32. The molecule has 3 rings (SSSR count). The number of benzene rings is 1. The summed E-state index contributed by atoms with van der Waals surface area (Å²) in [6.45, 7) is 3.93. The third-order valence-corrected chi connectivity index (χ3v) is 4.38. The van der Waals surface area contributed by atoms with Gasteiger partial charge in [-0.1, -0.05) is 30.3 Å². The maximum Gasteiger partial charge on any atom is 0.162 e. The third kappa shape index (κ3) is 3.34. The zero-order valence-corrected chi connectivity index (χ0v) is 12.3. The molecule has 21 heavy (non-hydrogen) atoms. The third-order valence-electron chi connectivity index (χ3n) is 4.38. The fourth-order valence-corrected chi connectivity index (χ4v) is 3.12. The van der Waals surface area contributed by atoms with Gasteiger partial charge >= 0.3 is 0 Å². The van der Waals surface area contributed by atoms with Crippen LogP contribution in [0.2, 0.25) is 0 Å². The summed E-state index contributed by atoms with van der Waals surface area (Å²) in [5.41, 5.74) is 9.02. The lowest BCUT2D eigenvalue weighted by Gasteiger charge is -2.31. The summed E-state index contributed by atoms with van der Waals surface area (Å²) in [4.78, 5) is 14.7. The van der Waals surface area contributed by atoms with Gasteiger partial charge in [0.1, 0.15) is 0 Å². The van der Waals surface area contributed by atoms with Crippen molar-refractivity contribution in [1.29, 1.82) is 0 Å². The monoisotopic (exact) mass is 286 g/mol. The molecule has 0 bridgehead atoms. The van der Waals surface area contributed by atoms with Crippen LogP contribution in [0, 0.1) is 0 Å². The Hall–Kier alpha value is -1.65. The fraction of sp³-hybridized carbons (Fsp3) is 0.471. The molecule has 1 heterocycles. The summed E-state index contributed by atoms with van der Waals surface area (Å²) in [5, 5.41) is 0. The predicted molar refractivity (Wildman–Crippen MR) is 81.9 cm³/mol. The smallest absolute Gasteiger partial charge is 0.162 e. The molecular weight excluding hydrogens is 264 g/mol. The summed E-state index contributed by atoms with van der Waals surface area (Å²) < 4.78 is 5.34. The zero-order valence-electron chi connectivity index (χ0n) is 12.3. The number of Topliss-reactive ketones (excluding diaryl/α,β-unsaturated/α-hetero) is 1. The number of nitrogens with zero attached hydrogens (tertiary/aromatic N) is 1. The number of hydrogen-bond donors (Lipinski definition) is 1. The molecule has 4 heteroatoms. The number of ketones is 1. The number of rotatable bonds is 3. The first-order chi connectivity index (χ1) is 10.2. The molecule has 4 nitrogen and oxygen atoms in total. The van der Waals surface area contributed by atoms with Crippen LogP contribution < -0.4 is 5.73 Å². The van der Waals surface area contributed by atoms with Crippen molar-refractivity contribution < 1.29 is 9.53 Å². The molecule has 2 N–H and O–H groups in total. The zero-order chi connectivity index (χ0) is 14.7. The number of nitrogens with two attached hydrogens (primary N) is 1. The Bertz CT molecular complexity index is 533. The van der Waals surface area contributed by atoms with E-state index in [1.807, 2.05) is 18.2 Å². The summed E-state index contributed by atoms with van der Waals surface area (Å²) >= 11 is 0. The lowest BCUT2D eigenvalue weighted by Crippen LogP contribution is -2.40. The molecule has 0 saturated carbocycles. The van der Waals surface area contributed by atoms with E-state index in [-0.39, 0.29) is 11.7 Å². The minimum absolute atomic E-state index is 0.207. The van der Waals surface area contributed by atoms with Gasteiger partial charge < -0.3 is 10.5 Å². The molecule has 1 aliphatic carbocycles. The normalized spacial score (nSPS) is 24.4. The van der Waals surface area contributed by atoms with Gasteiger partial charge in [-0.2, -0.15) is 0 Å². The first-order valence-corrected chi connectivity index (χ1v) is 7.60. The van der Waals surface area contributed by atoms with Crippen LogP contribution in [0.4, 0.5) is 0 Å². The minimum Gasteiger partial charge on any atom is -0.402 e. The van der Waals surface area contributed by atoms with E-state index in [0.29, 0.717) is 13.0 Å². The van der Waals surface area contributed by atoms with Crippen molar-refractivity contribution in [2.24, 2.45) is 5.73 Å². The molecule has 1 saturated heterocycles. The standard InChI is InChI=1S/C17H22N2O2/c18-16-10-14(13-4-2-1-3-5-13)11-17(20)15(16)12-19-6-8-21-9-7-19/h1-5,14H,6-12,18H2. The number of allylic oxidation sites excluding steroid dienone is 1. The highest BCUT2D eigenvalue weighted by atomic mass is 16.5. The second-order valence-electron chi connectivity index (χ2n) is 5.83. The molecule has 112 valence electrons. The number of morpholine rings is 1. The average Bonchev–Trinajstić information content (AvgIpc) is 2.52. The van der Waals surface area contributed by atoms with Gasteiger partial charge in [0.05, 0.1) is 13.2 Å². The van der Waals surface area contributed by atoms with Gasteiger partial charge in [0, 0.05) is 37.3 Å². The van der Waals surface area contributed by atoms with Gasteiger partial charge in [0.2, 0.25) is 0 Å². The van der Waals surface area contributed by atoms with Crippen LogP contribution in [0.3, 0.4) is 0 Å². The van der Waals surface area contributed by atoms with E-state index < -0.39 is 0 Å². The number of carbonyl (C=O) groups excluding carboxylic acids is 1. The molecule has 0 aromatic heterocycles. The molecule has 1 fully saturated rings. The van der Waals surface area contributed by atoms with Crippen molar-refractivity contribution in [2.75, 3.05) is 32.8 Å². The van der Waals surface area contributed by atoms with Crippen molar-refractivity contribution in [1.82, 2.24) is 4.90 Å². The summed E-state index contributed by atoms with van der Waals surface area (Å²) in [6.07, 6.45) is 1.36. The van der Waals surface area contributed by atoms with Crippen LogP contribution in [0.25, 0.3) is 0 Å². The Labute approximate surface area is 125 Å².